The SMILES string of the molecule is O=C(C[C@@]1(O)C(=O)Nc2ccccc21)[C@@H]1C[C@H]2C=C[C@H]1C2. The lowest BCUT2D eigenvalue weighted by Crippen LogP contribution is -2.38. The van der Waals surface area contributed by atoms with E-state index >= 15 is 0 Å². The Kier molecular flexibility index (Phi) is 2.60. The summed E-state index contributed by atoms with van der Waals surface area (Å²) in [6.07, 6.45) is 6.07. The zero-order valence-electron chi connectivity index (χ0n) is 11.6. The Morgan fingerprint density at radius 2 is 2.10 bits per heavy atom. The molecule has 1 aromatic carbocycles. The van der Waals surface area contributed by atoms with Crippen LogP contribution in [0.25, 0.3) is 0 Å². The van der Waals surface area contributed by atoms with E-state index in [1.165, 1.54) is 0 Å². The molecule has 4 heteroatoms. The van der Waals surface area contributed by atoms with Crippen molar-refractivity contribution < 1.29 is 14.7 Å². The number of ketones is 1. The molecule has 1 heterocycles. The molecule has 0 aromatic heterocycles. The zero-order chi connectivity index (χ0) is 14.6. The Labute approximate surface area is 122 Å². The second-order valence-electron chi connectivity index (χ2n) is 6.39. The fourth-order valence-corrected chi connectivity index (χ4v) is 4.01. The Morgan fingerprint density at radius 1 is 1.29 bits per heavy atom. The lowest BCUT2D eigenvalue weighted by Gasteiger charge is -2.24. The predicted molar refractivity (Wildman–Crippen MR) is 77.4 cm³/mol. The molecule has 2 aliphatic carbocycles. The summed E-state index contributed by atoms with van der Waals surface area (Å²) in [6.45, 7) is 0. The van der Waals surface area contributed by atoms with Crippen LogP contribution in [0, 0.1) is 17.8 Å². The van der Waals surface area contributed by atoms with Gasteiger partial charge in [-0.15, -0.1) is 0 Å². The van der Waals surface area contributed by atoms with Crippen molar-refractivity contribution in [2.75, 3.05) is 5.32 Å². The number of carbonyl (C=O) groups is 2. The number of Topliss-reactive ketones (excluding diaryl/α,β-unsaturated/α-hetero) is 1. The molecule has 1 fully saturated rings. The number of benzene rings is 1. The summed E-state index contributed by atoms with van der Waals surface area (Å²) in [5, 5.41) is 13.4. The molecule has 1 aliphatic heterocycles. The quantitative estimate of drug-likeness (QED) is 0.834. The Hall–Kier alpha value is -1.94. The average molecular weight is 283 g/mol. The predicted octanol–water partition coefficient (Wildman–Crippen LogP) is 2.00. The fourth-order valence-electron chi connectivity index (χ4n) is 4.01. The molecule has 3 aliphatic rings. The molecule has 21 heavy (non-hydrogen) atoms. The third kappa shape index (κ3) is 1.79. The summed E-state index contributed by atoms with van der Waals surface area (Å²) in [6, 6.07) is 7.03. The highest BCUT2D eigenvalue weighted by Gasteiger charge is 2.49. The van der Waals surface area contributed by atoms with Crippen molar-refractivity contribution in [3.8, 4) is 0 Å². The number of para-hydroxylation sites is 1. The van der Waals surface area contributed by atoms with Gasteiger partial charge in [-0.3, -0.25) is 9.59 Å². The molecule has 0 unspecified atom stereocenters. The lowest BCUT2D eigenvalue weighted by atomic mass is 9.81. The van der Waals surface area contributed by atoms with Crippen molar-refractivity contribution in [1.82, 2.24) is 0 Å². The summed E-state index contributed by atoms with van der Waals surface area (Å²) < 4.78 is 0. The van der Waals surface area contributed by atoms with Crippen molar-refractivity contribution in [2.24, 2.45) is 17.8 Å². The van der Waals surface area contributed by atoms with Crippen LogP contribution < -0.4 is 5.32 Å². The summed E-state index contributed by atoms with van der Waals surface area (Å²) in [7, 11) is 0. The van der Waals surface area contributed by atoms with Crippen LogP contribution >= 0.6 is 0 Å². The van der Waals surface area contributed by atoms with Gasteiger partial charge in [0.25, 0.3) is 5.91 Å². The van der Waals surface area contributed by atoms with Crippen molar-refractivity contribution in [3.05, 3.63) is 42.0 Å². The molecule has 1 saturated carbocycles. The van der Waals surface area contributed by atoms with Crippen molar-refractivity contribution >= 4 is 17.4 Å². The molecule has 108 valence electrons. The number of amides is 1. The Balaban J connectivity index is 1.60. The highest BCUT2D eigenvalue weighted by Crippen LogP contribution is 2.46. The number of hydrogen-bond donors (Lipinski definition) is 2. The third-order valence-electron chi connectivity index (χ3n) is 5.12. The lowest BCUT2D eigenvalue weighted by molar-refractivity contribution is -0.141. The highest BCUT2D eigenvalue weighted by atomic mass is 16.3. The maximum absolute atomic E-state index is 12.6. The first-order valence-electron chi connectivity index (χ1n) is 7.42. The molecule has 2 bridgehead atoms. The van der Waals surface area contributed by atoms with Gasteiger partial charge in [0.05, 0.1) is 0 Å². The minimum Gasteiger partial charge on any atom is -0.375 e. The topological polar surface area (TPSA) is 66.4 Å². The molecule has 0 spiro atoms. The second kappa shape index (κ2) is 4.28. The highest BCUT2D eigenvalue weighted by molar-refractivity contribution is 6.07. The molecule has 0 radical (unpaired) electrons. The van der Waals surface area contributed by atoms with E-state index in [-0.39, 0.29) is 18.1 Å². The van der Waals surface area contributed by atoms with Gasteiger partial charge in [-0.1, -0.05) is 30.4 Å². The van der Waals surface area contributed by atoms with Gasteiger partial charge in [0.2, 0.25) is 0 Å². The van der Waals surface area contributed by atoms with Gasteiger partial charge in [-0.25, -0.2) is 0 Å². The zero-order valence-corrected chi connectivity index (χ0v) is 11.6. The summed E-state index contributed by atoms with van der Waals surface area (Å²) in [4.78, 5) is 24.7. The minimum atomic E-state index is -1.71. The first-order chi connectivity index (χ1) is 10.1. The van der Waals surface area contributed by atoms with Gasteiger partial charge in [-0.2, -0.15) is 0 Å². The number of allylic oxidation sites excluding steroid dienone is 2. The Bertz CT molecular complexity index is 666. The summed E-state index contributed by atoms with van der Waals surface area (Å²) >= 11 is 0. The van der Waals surface area contributed by atoms with E-state index in [0.29, 0.717) is 23.1 Å². The van der Waals surface area contributed by atoms with Crippen molar-refractivity contribution in [3.63, 3.8) is 0 Å². The summed E-state index contributed by atoms with van der Waals surface area (Å²) in [5.41, 5.74) is -0.591. The van der Waals surface area contributed by atoms with Crippen LogP contribution in [0.15, 0.2) is 36.4 Å². The third-order valence-corrected chi connectivity index (χ3v) is 5.12. The van der Waals surface area contributed by atoms with E-state index in [1.807, 2.05) is 0 Å². The monoisotopic (exact) mass is 283 g/mol. The molecule has 0 saturated heterocycles. The molecule has 4 rings (SSSR count). The van der Waals surface area contributed by atoms with Gasteiger partial charge in [0.1, 0.15) is 5.78 Å². The molecule has 1 aromatic rings. The number of fused-ring (bicyclic) bond motifs is 3. The first-order valence-corrected chi connectivity index (χ1v) is 7.42. The first kappa shape index (κ1) is 12.8. The van der Waals surface area contributed by atoms with Crippen LogP contribution in [-0.4, -0.2) is 16.8 Å². The maximum Gasteiger partial charge on any atom is 0.261 e. The van der Waals surface area contributed by atoms with E-state index in [1.54, 1.807) is 24.3 Å². The molecule has 1 amide bonds. The van der Waals surface area contributed by atoms with Gasteiger partial charge < -0.3 is 10.4 Å². The van der Waals surface area contributed by atoms with Crippen LogP contribution in [0.3, 0.4) is 0 Å². The number of carbonyl (C=O) groups excluding carboxylic acids is 2. The van der Waals surface area contributed by atoms with E-state index in [2.05, 4.69) is 17.5 Å². The van der Waals surface area contributed by atoms with E-state index in [0.717, 1.165) is 12.8 Å². The van der Waals surface area contributed by atoms with E-state index < -0.39 is 11.5 Å². The van der Waals surface area contributed by atoms with Crippen LogP contribution in [0.1, 0.15) is 24.8 Å². The van der Waals surface area contributed by atoms with Crippen LogP contribution in [-0.2, 0) is 15.2 Å². The van der Waals surface area contributed by atoms with Crippen molar-refractivity contribution in [2.45, 2.75) is 24.9 Å². The molecular formula is C17H17NO3. The largest absolute Gasteiger partial charge is 0.375 e. The second-order valence-corrected chi connectivity index (χ2v) is 6.39. The standard InChI is InChI=1S/C17H17NO3/c19-15(12-8-10-5-6-11(12)7-10)9-17(21)13-3-1-2-4-14(13)18-16(17)20/h1-6,10-12,21H,7-9H2,(H,18,20)/t10-,11-,12+,17-/m0/s1. The fraction of sp³-hybridized carbons (Fsp3) is 0.412. The number of aliphatic hydroxyl groups is 1. The number of anilines is 1. The van der Waals surface area contributed by atoms with Crippen LogP contribution in [0.4, 0.5) is 5.69 Å². The Morgan fingerprint density at radius 3 is 2.81 bits per heavy atom. The molecule has 4 atom stereocenters. The number of rotatable bonds is 3. The van der Waals surface area contributed by atoms with Gasteiger partial charge in [0, 0.05) is 23.6 Å². The van der Waals surface area contributed by atoms with E-state index in [9.17, 15) is 14.7 Å². The van der Waals surface area contributed by atoms with Crippen molar-refractivity contribution in [1.29, 1.82) is 0 Å². The van der Waals surface area contributed by atoms with E-state index in [4.69, 9.17) is 0 Å². The average Bonchev–Trinajstić information content (AvgIpc) is 3.15. The molecular weight excluding hydrogens is 266 g/mol. The smallest absolute Gasteiger partial charge is 0.261 e. The van der Waals surface area contributed by atoms with Crippen LogP contribution in [0.5, 0.6) is 0 Å². The van der Waals surface area contributed by atoms with Crippen LogP contribution in [0.2, 0.25) is 0 Å². The minimum absolute atomic E-state index is 0.00111. The van der Waals surface area contributed by atoms with Gasteiger partial charge in [0.15, 0.2) is 5.60 Å². The number of nitrogens with one attached hydrogen (secondary N) is 1. The maximum atomic E-state index is 12.6. The van der Waals surface area contributed by atoms with Gasteiger partial charge in [-0.05, 0) is 30.7 Å². The van der Waals surface area contributed by atoms with Gasteiger partial charge >= 0.3 is 0 Å². The molecule has 2 N–H and O–H groups in total. The summed E-state index contributed by atoms with van der Waals surface area (Å²) in [5.74, 6) is 0.274. The molecule has 4 nitrogen and oxygen atoms in total. The number of hydrogen-bond acceptors (Lipinski definition) is 3. The normalized spacial score (nSPS) is 35.9.